The van der Waals surface area contributed by atoms with E-state index in [2.05, 4.69) is 34.6 Å². The molecule has 9 rings (SSSR count). The lowest BCUT2D eigenvalue weighted by molar-refractivity contribution is -0.393. The molecule has 9 N–H and O–H groups in total. The van der Waals surface area contributed by atoms with E-state index in [0.29, 0.717) is 18.8 Å². The number of esters is 2. The van der Waals surface area contributed by atoms with Crippen LogP contribution in [0.5, 0.6) is 0 Å². The lowest BCUT2D eigenvalue weighted by Gasteiger charge is -2.73. The van der Waals surface area contributed by atoms with E-state index in [1.54, 1.807) is 0 Å². The second kappa shape index (κ2) is 17.2. The smallest absolute Gasteiger partial charge is 0.337 e. The molecule has 0 unspecified atom stereocenters. The molecule has 4 aliphatic heterocycles. The number of aliphatic hydroxyl groups is 9. The summed E-state index contributed by atoms with van der Waals surface area (Å²) in [4.78, 5) is 26.7. The average Bonchev–Trinajstić information content (AvgIpc) is 3.78. The Morgan fingerprint density at radius 1 is 0.731 bits per heavy atom. The fourth-order valence-electron chi connectivity index (χ4n) is 16.5. The van der Waals surface area contributed by atoms with E-state index >= 15 is 0 Å². The summed E-state index contributed by atoms with van der Waals surface area (Å²) in [5.74, 6) is -0.407. The Kier molecular flexibility index (Phi) is 12.9. The standard InChI is InChI=1S/C48H76O19/c1-43(2)24-11-14-47(7)25(10-9-20-27-28(44(3,4)59)22-17-48(27,42(58)63-22)16-15-46(20,47)6)45(24,5)13-12-26(43)64-41-37(33(55)32(54)35(65-41)38(57)60-8)67-40-36(31(53)30(52)23(18-49)62-40)66-39-34(56)29(51)21(50)19-61-39/h20-37,39-41,49-56,59H,9-19H2,1-8H3/t20-,21-,22+,23-,24+,25-,26+,27+,28-,29+,30-,31+,32+,33+,34-,35+,36-,37-,39+,40+,41-,45+,46-,47-,48-/m1/s1. The number of fused-ring (bicyclic) bond motifs is 7. The fraction of sp³-hybridized carbons (Fsp3) is 0.958. The lowest BCUT2D eigenvalue weighted by Crippen LogP contribution is -2.69. The van der Waals surface area contributed by atoms with E-state index in [9.17, 15) is 55.5 Å². The van der Waals surface area contributed by atoms with Gasteiger partial charge in [-0.3, -0.25) is 4.79 Å². The van der Waals surface area contributed by atoms with Gasteiger partial charge in [-0.25, -0.2) is 4.79 Å². The van der Waals surface area contributed by atoms with Crippen LogP contribution in [-0.2, 0) is 47.5 Å². The zero-order valence-electron chi connectivity index (χ0n) is 40.0. The van der Waals surface area contributed by atoms with E-state index in [0.717, 1.165) is 52.1 Å². The van der Waals surface area contributed by atoms with Crippen LogP contribution in [0.1, 0.15) is 106 Å². The third kappa shape index (κ3) is 7.44. The van der Waals surface area contributed by atoms with Crippen LogP contribution < -0.4 is 0 Å². The predicted molar refractivity (Wildman–Crippen MR) is 229 cm³/mol. The van der Waals surface area contributed by atoms with Gasteiger partial charge in [-0.15, -0.1) is 0 Å². The molecule has 4 saturated heterocycles. The number of hydrogen-bond acceptors (Lipinski definition) is 19. The van der Waals surface area contributed by atoms with Gasteiger partial charge >= 0.3 is 11.9 Å². The quantitative estimate of drug-likeness (QED) is 0.109. The Labute approximate surface area is 391 Å². The van der Waals surface area contributed by atoms with Gasteiger partial charge in [-0.05, 0) is 111 Å². The van der Waals surface area contributed by atoms with Gasteiger partial charge in [-0.1, -0.05) is 34.6 Å². The van der Waals surface area contributed by atoms with Crippen LogP contribution in [0, 0.1) is 56.7 Å². The van der Waals surface area contributed by atoms with Crippen molar-refractivity contribution in [2.75, 3.05) is 20.3 Å². The van der Waals surface area contributed by atoms with Crippen LogP contribution in [0.3, 0.4) is 0 Å². The summed E-state index contributed by atoms with van der Waals surface area (Å²) in [5.41, 5.74) is -2.36. The van der Waals surface area contributed by atoms with Crippen LogP contribution in [0.4, 0.5) is 0 Å². The Balaban J connectivity index is 0.977. The van der Waals surface area contributed by atoms with Crippen molar-refractivity contribution in [3.63, 3.8) is 0 Å². The monoisotopic (exact) mass is 956 g/mol. The minimum Gasteiger partial charge on any atom is -0.467 e. The summed E-state index contributed by atoms with van der Waals surface area (Å²) in [7, 11) is 1.11. The van der Waals surface area contributed by atoms with Crippen molar-refractivity contribution in [3.05, 3.63) is 0 Å². The largest absolute Gasteiger partial charge is 0.467 e. The number of methoxy groups -OCH3 is 1. The molecule has 19 nitrogen and oxygen atoms in total. The Hall–Kier alpha value is -1.66. The summed E-state index contributed by atoms with van der Waals surface area (Å²) < 4.78 is 47.4. The molecular formula is C48H76O19. The maximum absolute atomic E-state index is 13.6. The number of rotatable bonds is 9. The first-order chi connectivity index (χ1) is 31.3. The fourth-order valence-corrected chi connectivity index (χ4v) is 16.5. The molecule has 4 heterocycles. The van der Waals surface area contributed by atoms with E-state index in [4.69, 9.17) is 37.9 Å². The highest BCUT2D eigenvalue weighted by molar-refractivity contribution is 5.81. The van der Waals surface area contributed by atoms with Gasteiger partial charge in [0.05, 0.1) is 37.4 Å². The van der Waals surface area contributed by atoms with Crippen molar-refractivity contribution >= 4 is 11.9 Å². The molecule has 5 saturated carbocycles. The number of ether oxygens (including phenoxy) is 8. The SMILES string of the molecule is COC(=O)[C@H]1O[C@@H](O[C@H]2CC[C@]3(C)[C@H]4CC[C@@H]5[C@H]6[C@H](C(C)(C)O)[C@@H]7C[C@@]6(CC[C@@]5(C)[C@]4(C)CC[C@H]3C2(C)C)C(=O)O7)[C@H](O[C@@H]2O[C@H](CO)[C@@H](O)[C@H](O)[C@H]2O[C@@H]2OC[C@@H](O)[C@H](O)[C@H]2O)[C@@H](O)[C@@H]1O. The van der Waals surface area contributed by atoms with E-state index < -0.39 is 128 Å². The third-order valence-corrected chi connectivity index (χ3v) is 20.0. The van der Waals surface area contributed by atoms with Crippen LogP contribution in [0.25, 0.3) is 0 Å². The number of hydrogen-bond donors (Lipinski definition) is 9. The van der Waals surface area contributed by atoms with Crippen LogP contribution in [-0.4, -0.2) is 182 Å². The molecular weight excluding hydrogens is 881 g/mol. The van der Waals surface area contributed by atoms with Gasteiger partial charge < -0.3 is 83.9 Å². The second-order valence-corrected chi connectivity index (χ2v) is 23.8. The minimum atomic E-state index is -1.90. The van der Waals surface area contributed by atoms with E-state index in [1.165, 1.54) is 0 Å². The lowest BCUT2D eigenvalue weighted by atomic mass is 9.32. The van der Waals surface area contributed by atoms with Crippen molar-refractivity contribution in [1.82, 2.24) is 0 Å². The van der Waals surface area contributed by atoms with Gasteiger partial charge in [0.2, 0.25) is 0 Å². The molecule has 0 aromatic rings. The Morgan fingerprint density at radius 2 is 1.39 bits per heavy atom. The normalized spacial score (nSPS) is 54.8. The van der Waals surface area contributed by atoms with Crippen molar-refractivity contribution in [2.24, 2.45) is 56.7 Å². The van der Waals surface area contributed by atoms with Crippen molar-refractivity contribution in [3.8, 4) is 0 Å². The van der Waals surface area contributed by atoms with Crippen molar-refractivity contribution in [1.29, 1.82) is 0 Å². The minimum absolute atomic E-state index is 0.0486. The summed E-state index contributed by atoms with van der Waals surface area (Å²) in [6.07, 6.45) is -17.3. The van der Waals surface area contributed by atoms with E-state index in [-0.39, 0.29) is 52.0 Å². The molecule has 9 fully saturated rings. The molecule has 25 atom stereocenters. The molecule has 0 amide bonds. The second-order valence-electron chi connectivity index (χ2n) is 23.8. The number of carbonyl (C=O) groups excluding carboxylic acids is 2. The van der Waals surface area contributed by atoms with Crippen LogP contribution >= 0.6 is 0 Å². The first-order valence-electron chi connectivity index (χ1n) is 24.6. The van der Waals surface area contributed by atoms with E-state index in [1.807, 2.05) is 13.8 Å². The van der Waals surface area contributed by atoms with Gasteiger partial charge in [0, 0.05) is 12.3 Å². The number of aliphatic hydroxyl groups excluding tert-OH is 8. The molecule has 19 heteroatoms. The molecule has 0 radical (unpaired) electrons. The maximum Gasteiger partial charge on any atom is 0.337 e. The van der Waals surface area contributed by atoms with Gasteiger partial charge in [-0.2, -0.15) is 0 Å². The van der Waals surface area contributed by atoms with Gasteiger partial charge in [0.1, 0.15) is 67.1 Å². The first kappa shape index (κ1) is 50.3. The summed E-state index contributed by atoms with van der Waals surface area (Å²) in [5, 5.41) is 98.0. The topological polar surface area (TPSA) is 290 Å². The molecule has 5 aliphatic carbocycles. The van der Waals surface area contributed by atoms with Gasteiger partial charge in [0.25, 0.3) is 0 Å². The first-order valence-corrected chi connectivity index (χ1v) is 24.6. The predicted octanol–water partition coefficient (Wildman–Crippen LogP) is 0.0274. The Morgan fingerprint density at radius 3 is 2.04 bits per heavy atom. The third-order valence-electron chi connectivity index (χ3n) is 20.0. The van der Waals surface area contributed by atoms with Crippen molar-refractivity contribution < 1.29 is 93.4 Å². The molecule has 1 spiro atoms. The zero-order chi connectivity index (χ0) is 48.7. The molecule has 67 heavy (non-hydrogen) atoms. The molecule has 2 bridgehead atoms. The molecule has 0 aromatic heterocycles. The summed E-state index contributed by atoms with van der Waals surface area (Å²) in [6.45, 7) is 14.2. The summed E-state index contributed by atoms with van der Waals surface area (Å²) >= 11 is 0. The highest BCUT2D eigenvalue weighted by atomic mass is 16.8. The summed E-state index contributed by atoms with van der Waals surface area (Å²) in [6, 6.07) is 0. The van der Waals surface area contributed by atoms with Crippen LogP contribution in [0.15, 0.2) is 0 Å². The van der Waals surface area contributed by atoms with Crippen molar-refractivity contribution in [2.45, 2.75) is 210 Å². The van der Waals surface area contributed by atoms with Crippen LogP contribution in [0.2, 0.25) is 0 Å². The number of carbonyl (C=O) groups is 2. The molecule has 382 valence electrons. The zero-order valence-corrected chi connectivity index (χ0v) is 40.0. The molecule has 0 aromatic carbocycles. The maximum atomic E-state index is 13.6. The average molecular weight is 957 g/mol. The highest BCUT2D eigenvalue weighted by Crippen LogP contribution is 2.79. The Bertz CT molecular complexity index is 1860. The molecule has 9 aliphatic rings. The highest BCUT2D eigenvalue weighted by Gasteiger charge is 2.77. The van der Waals surface area contributed by atoms with Gasteiger partial charge in [0.15, 0.2) is 25.0 Å².